The molecule has 0 saturated carbocycles. The molecule has 1 fully saturated rings. The number of benzene rings is 1. The second-order valence-electron chi connectivity index (χ2n) is 5.71. The van der Waals surface area contributed by atoms with Crippen molar-refractivity contribution in [2.75, 3.05) is 32.9 Å². The first-order valence-corrected chi connectivity index (χ1v) is 9.55. The Labute approximate surface area is 138 Å². The Morgan fingerprint density at radius 3 is 2.65 bits per heavy atom. The molecule has 1 heterocycles. The van der Waals surface area contributed by atoms with Crippen LogP contribution in [0.1, 0.15) is 20.3 Å². The molecule has 2 atom stereocenters. The monoisotopic (exact) mass is 342 g/mol. The molecule has 7 heteroatoms. The van der Waals surface area contributed by atoms with E-state index in [4.69, 9.17) is 9.47 Å². The van der Waals surface area contributed by atoms with Crippen LogP contribution in [0.4, 0.5) is 0 Å². The van der Waals surface area contributed by atoms with Gasteiger partial charge in [0.05, 0.1) is 11.5 Å². The summed E-state index contributed by atoms with van der Waals surface area (Å²) >= 11 is 0. The van der Waals surface area contributed by atoms with Crippen molar-refractivity contribution in [2.45, 2.75) is 31.2 Å². The normalized spacial score (nSPS) is 22.0. The van der Waals surface area contributed by atoms with Crippen molar-refractivity contribution in [3.05, 3.63) is 24.3 Å². The Bertz CT molecular complexity index is 574. The van der Waals surface area contributed by atoms with E-state index in [1.807, 2.05) is 6.92 Å². The zero-order valence-electron chi connectivity index (χ0n) is 13.7. The van der Waals surface area contributed by atoms with Crippen LogP contribution in [-0.4, -0.2) is 47.4 Å². The summed E-state index contributed by atoms with van der Waals surface area (Å²) in [6.07, 6.45) is 0.805. The fourth-order valence-electron chi connectivity index (χ4n) is 2.53. The van der Waals surface area contributed by atoms with Crippen molar-refractivity contribution in [1.82, 2.24) is 10.0 Å². The minimum absolute atomic E-state index is 0.0247. The highest BCUT2D eigenvalue weighted by molar-refractivity contribution is 7.89. The number of sulfonamides is 1. The average Bonchev–Trinajstić information content (AvgIpc) is 2.54. The van der Waals surface area contributed by atoms with Crippen LogP contribution in [0.15, 0.2) is 29.2 Å². The summed E-state index contributed by atoms with van der Waals surface area (Å²) in [6.45, 7) is 7.27. The molecule has 2 unspecified atom stereocenters. The minimum Gasteiger partial charge on any atom is -0.491 e. The molecule has 1 saturated heterocycles. The second kappa shape index (κ2) is 8.63. The highest BCUT2D eigenvalue weighted by atomic mass is 32.2. The van der Waals surface area contributed by atoms with E-state index in [1.165, 1.54) is 0 Å². The van der Waals surface area contributed by atoms with Crippen molar-refractivity contribution >= 4 is 10.0 Å². The van der Waals surface area contributed by atoms with Gasteiger partial charge in [0.1, 0.15) is 12.4 Å². The number of hydrogen-bond donors (Lipinski definition) is 2. The van der Waals surface area contributed by atoms with Gasteiger partial charge in [0.25, 0.3) is 0 Å². The van der Waals surface area contributed by atoms with Crippen molar-refractivity contribution in [2.24, 2.45) is 5.92 Å². The highest BCUT2D eigenvalue weighted by Crippen LogP contribution is 2.18. The van der Waals surface area contributed by atoms with Crippen molar-refractivity contribution in [3.8, 4) is 5.75 Å². The predicted octanol–water partition coefficient (Wildman–Crippen LogP) is 1.38. The number of rotatable bonds is 8. The van der Waals surface area contributed by atoms with Gasteiger partial charge in [0, 0.05) is 12.6 Å². The number of nitrogens with one attached hydrogen (secondary N) is 2. The molecule has 1 aliphatic rings. The lowest BCUT2D eigenvalue weighted by molar-refractivity contribution is 0.110. The van der Waals surface area contributed by atoms with E-state index in [0.717, 1.165) is 19.5 Å². The maximum absolute atomic E-state index is 12.5. The Balaban J connectivity index is 1.94. The number of ether oxygens (including phenoxy) is 2. The molecule has 1 aromatic rings. The summed E-state index contributed by atoms with van der Waals surface area (Å²) in [5, 5.41) is 3.26. The SMILES string of the molecule is CCOCCOc1ccc(S(=O)(=O)NC2CCNCC2C)cc1. The van der Waals surface area contributed by atoms with Crippen LogP contribution < -0.4 is 14.8 Å². The summed E-state index contributed by atoms with van der Waals surface area (Å²) < 4.78 is 38.4. The van der Waals surface area contributed by atoms with E-state index in [1.54, 1.807) is 24.3 Å². The summed E-state index contributed by atoms with van der Waals surface area (Å²) in [6, 6.07) is 6.47. The first kappa shape index (κ1) is 18.2. The molecule has 0 amide bonds. The Kier molecular flexibility index (Phi) is 6.83. The molecule has 0 spiro atoms. The topological polar surface area (TPSA) is 76.7 Å². The molecule has 0 aromatic heterocycles. The molecule has 2 N–H and O–H groups in total. The fraction of sp³-hybridized carbons (Fsp3) is 0.625. The van der Waals surface area contributed by atoms with Crippen LogP contribution in [0, 0.1) is 5.92 Å². The fourth-order valence-corrected chi connectivity index (χ4v) is 3.91. The molecule has 1 aliphatic heterocycles. The minimum atomic E-state index is -3.50. The maximum atomic E-state index is 12.5. The number of piperidine rings is 1. The Hall–Kier alpha value is -1.15. The lowest BCUT2D eigenvalue weighted by Crippen LogP contribution is -2.48. The second-order valence-corrected chi connectivity index (χ2v) is 7.43. The van der Waals surface area contributed by atoms with Crippen molar-refractivity contribution in [3.63, 3.8) is 0 Å². The van der Waals surface area contributed by atoms with Gasteiger partial charge in [0.2, 0.25) is 10.0 Å². The third-order valence-corrected chi connectivity index (χ3v) is 5.43. The van der Waals surface area contributed by atoms with E-state index in [0.29, 0.717) is 25.6 Å². The van der Waals surface area contributed by atoms with Gasteiger partial charge in [-0.15, -0.1) is 0 Å². The molecule has 0 aliphatic carbocycles. The first-order chi connectivity index (χ1) is 11.0. The molecule has 2 rings (SSSR count). The van der Waals surface area contributed by atoms with Gasteiger partial charge in [-0.25, -0.2) is 13.1 Å². The van der Waals surface area contributed by atoms with Crippen LogP contribution in [0.2, 0.25) is 0 Å². The summed E-state index contributed by atoms with van der Waals surface area (Å²) in [5.41, 5.74) is 0. The lowest BCUT2D eigenvalue weighted by atomic mass is 9.97. The maximum Gasteiger partial charge on any atom is 0.240 e. The van der Waals surface area contributed by atoms with Gasteiger partial charge in [-0.3, -0.25) is 0 Å². The van der Waals surface area contributed by atoms with Gasteiger partial charge < -0.3 is 14.8 Å². The molecule has 23 heavy (non-hydrogen) atoms. The highest BCUT2D eigenvalue weighted by Gasteiger charge is 2.26. The largest absolute Gasteiger partial charge is 0.491 e. The van der Waals surface area contributed by atoms with Crippen molar-refractivity contribution in [1.29, 1.82) is 0 Å². The van der Waals surface area contributed by atoms with Crippen molar-refractivity contribution < 1.29 is 17.9 Å². The Morgan fingerprint density at radius 1 is 1.26 bits per heavy atom. The quantitative estimate of drug-likeness (QED) is 0.698. The third kappa shape index (κ3) is 5.46. The van der Waals surface area contributed by atoms with Gasteiger partial charge in [-0.1, -0.05) is 6.92 Å². The molecule has 1 aromatic carbocycles. The zero-order valence-corrected chi connectivity index (χ0v) is 14.6. The van der Waals surface area contributed by atoms with E-state index in [9.17, 15) is 8.42 Å². The van der Waals surface area contributed by atoms with Crippen LogP contribution in [-0.2, 0) is 14.8 Å². The van der Waals surface area contributed by atoms with E-state index >= 15 is 0 Å². The molecule has 0 radical (unpaired) electrons. The predicted molar refractivity (Wildman–Crippen MR) is 89.2 cm³/mol. The molecular weight excluding hydrogens is 316 g/mol. The van der Waals surface area contributed by atoms with Crippen LogP contribution in [0.3, 0.4) is 0 Å². The van der Waals surface area contributed by atoms with E-state index in [-0.39, 0.29) is 16.9 Å². The van der Waals surface area contributed by atoms with Gasteiger partial charge in [-0.2, -0.15) is 0 Å². The summed E-state index contributed by atoms with van der Waals surface area (Å²) in [4.78, 5) is 0.264. The Morgan fingerprint density at radius 2 is 2.00 bits per heavy atom. The van der Waals surface area contributed by atoms with Gasteiger partial charge in [-0.05, 0) is 56.6 Å². The lowest BCUT2D eigenvalue weighted by Gasteiger charge is -2.29. The zero-order chi connectivity index (χ0) is 16.7. The molecular formula is C16H26N2O4S. The average molecular weight is 342 g/mol. The molecule has 0 bridgehead atoms. The van der Waals surface area contributed by atoms with Crippen LogP contribution in [0.5, 0.6) is 5.75 Å². The van der Waals surface area contributed by atoms with Gasteiger partial charge in [0.15, 0.2) is 0 Å². The third-order valence-electron chi connectivity index (χ3n) is 3.93. The standard InChI is InChI=1S/C16H26N2O4S/c1-3-21-10-11-22-14-4-6-15(7-5-14)23(19,20)18-16-8-9-17-12-13(16)2/h4-7,13,16-18H,3,8-12H2,1-2H3. The summed E-state index contributed by atoms with van der Waals surface area (Å²) in [5.74, 6) is 0.915. The smallest absolute Gasteiger partial charge is 0.240 e. The summed E-state index contributed by atoms with van der Waals surface area (Å²) in [7, 11) is -3.50. The van der Waals surface area contributed by atoms with Crippen LogP contribution in [0.25, 0.3) is 0 Å². The van der Waals surface area contributed by atoms with Crippen LogP contribution >= 0.6 is 0 Å². The number of hydrogen-bond acceptors (Lipinski definition) is 5. The molecule has 6 nitrogen and oxygen atoms in total. The van der Waals surface area contributed by atoms with E-state index in [2.05, 4.69) is 17.0 Å². The molecule has 130 valence electrons. The first-order valence-electron chi connectivity index (χ1n) is 8.06. The van der Waals surface area contributed by atoms with Gasteiger partial charge >= 0.3 is 0 Å². The van der Waals surface area contributed by atoms with E-state index < -0.39 is 10.0 Å².